The van der Waals surface area contributed by atoms with Crippen LogP contribution in [0.3, 0.4) is 0 Å². The summed E-state index contributed by atoms with van der Waals surface area (Å²) in [6, 6.07) is 6.17. The summed E-state index contributed by atoms with van der Waals surface area (Å²) in [5, 5.41) is -0.0415. The molecule has 2 amide bonds. The number of likely N-dealkylation sites (tertiary alicyclic amines) is 1. The summed E-state index contributed by atoms with van der Waals surface area (Å²) >= 11 is 6.19. The van der Waals surface area contributed by atoms with Gasteiger partial charge in [-0.2, -0.15) is 0 Å². The Bertz CT molecular complexity index is 764. The number of halogens is 1. The van der Waals surface area contributed by atoms with Gasteiger partial charge >= 0.3 is 5.97 Å². The van der Waals surface area contributed by atoms with E-state index in [2.05, 4.69) is 0 Å². The molecule has 138 valence electrons. The minimum Gasteiger partial charge on any atom is -0.459 e. The molecule has 0 radical (unpaired) electrons. The fourth-order valence-electron chi connectivity index (χ4n) is 3.15. The van der Waals surface area contributed by atoms with Gasteiger partial charge in [0, 0.05) is 13.1 Å². The Labute approximate surface area is 157 Å². The van der Waals surface area contributed by atoms with Gasteiger partial charge < -0.3 is 9.64 Å². The molecule has 0 aliphatic carbocycles. The molecule has 2 aliphatic rings. The average Bonchev–Trinajstić information content (AvgIpc) is 2.84. The maximum atomic E-state index is 12.8. The maximum Gasteiger partial charge on any atom is 0.338 e. The third-order valence-corrected chi connectivity index (χ3v) is 4.72. The van der Waals surface area contributed by atoms with Crippen LogP contribution in [0.1, 0.15) is 43.5 Å². The zero-order valence-corrected chi connectivity index (χ0v) is 15.6. The van der Waals surface area contributed by atoms with Gasteiger partial charge in [0.1, 0.15) is 10.7 Å². The van der Waals surface area contributed by atoms with E-state index in [-0.39, 0.29) is 16.8 Å². The zero-order valence-electron chi connectivity index (χ0n) is 14.8. The van der Waals surface area contributed by atoms with Gasteiger partial charge in [0.15, 0.2) is 0 Å². The van der Waals surface area contributed by atoms with Crippen LogP contribution in [0, 0.1) is 0 Å². The lowest BCUT2D eigenvalue weighted by molar-refractivity contribution is -0.121. The largest absolute Gasteiger partial charge is 0.459 e. The van der Waals surface area contributed by atoms with Crippen LogP contribution in [0.15, 0.2) is 35.0 Å². The Morgan fingerprint density at radius 2 is 1.65 bits per heavy atom. The number of carbonyl (C=O) groups is 3. The van der Waals surface area contributed by atoms with E-state index in [9.17, 15) is 14.4 Å². The van der Waals surface area contributed by atoms with Crippen LogP contribution < -0.4 is 4.90 Å². The molecule has 0 atom stereocenters. The molecule has 0 saturated carbocycles. The Hall–Kier alpha value is -2.34. The lowest BCUT2D eigenvalue weighted by Crippen LogP contribution is -2.37. The molecule has 0 spiro atoms. The molecular formula is C19H21ClN2O4. The number of nitrogens with zero attached hydrogens (tertiary/aromatic N) is 2. The Morgan fingerprint density at radius 3 is 2.23 bits per heavy atom. The molecule has 2 heterocycles. The lowest BCUT2D eigenvalue weighted by atomic mass is 10.1. The molecule has 1 aromatic rings. The highest BCUT2D eigenvalue weighted by Crippen LogP contribution is 2.32. The second-order valence-corrected chi connectivity index (χ2v) is 7.03. The Kier molecular flexibility index (Phi) is 5.32. The van der Waals surface area contributed by atoms with Crippen molar-refractivity contribution < 1.29 is 19.1 Å². The van der Waals surface area contributed by atoms with Crippen molar-refractivity contribution in [2.24, 2.45) is 0 Å². The molecule has 0 unspecified atom stereocenters. The van der Waals surface area contributed by atoms with Gasteiger partial charge in [-0.3, -0.25) is 9.59 Å². The first-order chi connectivity index (χ1) is 12.4. The number of hydrogen-bond acceptors (Lipinski definition) is 5. The summed E-state index contributed by atoms with van der Waals surface area (Å²) in [6.07, 6.45) is 2.84. The quantitative estimate of drug-likeness (QED) is 0.596. The normalized spacial score (nSPS) is 18.2. The highest BCUT2D eigenvalue weighted by Gasteiger charge is 2.41. The Morgan fingerprint density at radius 1 is 1.04 bits per heavy atom. The van der Waals surface area contributed by atoms with Crippen molar-refractivity contribution in [2.45, 2.75) is 39.2 Å². The minimum absolute atomic E-state index is 0.0415. The summed E-state index contributed by atoms with van der Waals surface area (Å²) < 4.78 is 5.13. The van der Waals surface area contributed by atoms with Crippen LogP contribution in [0.5, 0.6) is 0 Å². The van der Waals surface area contributed by atoms with E-state index in [4.69, 9.17) is 16.3 Å². The smallest absolute Gasteiger partial charge is 0.338 e. The molecule has 1 saturated heterocycles. The third-order valence-electron chi connectivity index (χ3n) is 4.38. The highest BCUT2D eigenvalue weighted by molar-refractivity contribution is 6.52. The van der Waals surface area contributed by atoms with Crippen LogP contribution in [0.25, 0.3) is 0 Å². The highest BCUT2D eigenvalue weighted by atomic mass is 35.5. The fourth-order valence-corrected chi connectivity index (χ4v) is 3.43. The molecule has 26 heavy (non-hydrogen) atoms. The van der Waals surface area contributed by atoms with Gasteiger partial charge in [0.2, 0.25) is 0 Å². The topological polar surface area (TPSA) is 66.9 Å². The van der Waals surface area contributed by atoms with Crippen LogP contribution >= 0.6 is 11.6 Å². The molecule has 0 bridgehead atoms. The van der Waals surface area contributed by atoms with Crippen molar-refractivity contribution in [3.8, 4) is 0 Å². The number of carbonyl (C=O) groups excluding carboxylic acids is 3. The molecule has 0 N–H and O–H groups in total. The van der Waals surface area contributed by atoms with Gasteiger partial charge in [0.05, 0.1) is 17.4 Å². The van der Waals surface area contributed by atoms with Crippen molar-refractivity contribution in [2.75, 3.05) is 18.0 Å². The number of esters is 1. The van der Waals surface area contributed by atoms with Crippen molar-refractivity contribution in [3.05, 3.63) is 40.6 Å². The second-order valence-electron chi connectivity index (χ2n) is 6.66. The van der Waals surface area contributed by atoms with E-state index in [1.54, 1.807) is 26.0 Å². The van der Waals surface area contributed by atoms with Gasteiger partial charge in [0.25, 0.3) is 11.8 Å². The number of rotatable bonds is 4. The average molecular weight is 377 g/mol. The number of hydrogen-bond donors (Lipinski definition) is 0. The van der Waals surface area contributed by atoms with Gasteiger partial charge in [-0.1, -0.05) is 11.6 Å². The molecule has 3 rings (SSSR count). The first-order valence-corrected chi connectivity index (χ1v) is 9.12. The first kappa shape index (κ1) is 18.5. The van der Waals surface area contributed by atoms with Gasteiger partial charge in [-0.25, -0.2) is 9.69 Å². The fraction of sp³-hybridized carbons (Fsp3) is 0.421. The molecule has 1 aromatic carbocycles. The molecule has 2 aliphatic heterocycles. The standard InChI is InChI=1S/C19H21ClN2O4/c1-12(2)26-19(25)13-6-8-14(9-7-13)22-17(23)15(20)16(18(22)24)21-10-4-3-5-11-21/h6-9,12H,3-5,10-11H2,1-2H3. The van der Waals surface area contributed by atoms with Crippen molar-refractivity contribution in [3.63, 3.8) is 0 Å². The van der Waals surface area contributed by atoms with E-state index in [0.29, 0.717) is 11.3 Å². The number of piperidine rings is 1. The van der Waals surface area contributed by atoms with Crippen LogP contribution in [0.4, 0.5) is 5.69 Å². The van der Waals surface area contributed by atoms with Crippen molar-refractivity contribution in [1.29, 1.82) is 0 Å². The van der Waals surface area contributed by atoms with E-state index in [0.717, 1.165) is 37.3 Å². The van der Waals surface area contributed by atoms with Crippen LogP contribution in [-0.4, -0.2) is 41.9 Å². The number of imide groups is 1. The number of amides is 2. The lowest BCUT2D eigenvalue weighted by Gasteiger charge is -2.29. The second kappa shape index (κ2) is 7.50. The van der Waals surface area contributed by atoms with Crippen LogP contribution in [-0.2, 0) is 14.3 Å². The summed E-state index contributed by atoms with van der Waals surface area (Å²) in [5.74, 6) is -1.40. The van der Waals surface area contributed by atoms with Gasteiger partial charge in [-0.15, -0.1) is 0 Å². The minimum atomic E-state index is -0.533. The third kappa shape index (κ3) is 3.46. The monoisotopic (exact) mass is 376 g/mol. The van der Waals surface area contributed by atoms with E-state index >= 15 is 0 Å². The summed E-state index contributed by atoms with van der Waals surface area (Å²) in [5.41, 5.74) is 1.02. The molecule has 1 fully saturated rings. The zero-order chi connectivity index (χ0) is 18.8. The predicted molar refractivity (Wildman–Crippen MR) is 97.8 cm³/mol. The van der Waals surface area contributed by atoms with Gasteiger partial charge in [-0.05, 0) is 57.4 Å². The maximum absolute atomic E-state index is 12.8. The Balaban J connectivity index is 1.81. The summed E-state index contributed by atoms with van der Waals surface area (Å²) in [4.78, 5) is 40.2. The number of ether oxygens (including phenoxy) is 1. The summed E-state index contributed by atoms with van der Waals surface area (Å²) in [6.45, 7) is 4.98. The van der Waals surface area contributed by atoms with E-state index < -0.39 is 17.8 Å². The molecule has 0 aromatic heterocycles. The predicted octanol–water partition coefficient (Wildman–Crippen LogP) is 3.06. The SMILES string of the molecule is CC(C)OC(=O)c1ccc(N2C(=O)C(Cl)=C(N3CCCCC3)C2=O)cc1. The molecule has 6 nitrogen and oxygen atoms in total. The van der Waals surface area contributed by atoms with E-state index in [1.807, 2.05) is 4.90 Å². The van der Waals surface area contributed by atoms with Crippen molar-refractivity contribution >= 4 is 35.1 Å². The van der Waals surface area contributed by atoms with E-state index in [1.165, 1.54) is 12.1 Å². The van der Waals surface area contributed by atoms with Crippen molar-refractivity contribution in [1.82, 2.24) is 4.90 Å². The molecule has 7 heteroatoms. The number of anilines is 1. The number of benzene rings is 1. The van der Waals surface area contributed by atoms with Crippen LogP contribution in [0.2, 0.25) is 0 Å². The molecular weight excluding hydrogens is 356 g/mol. The first-order valence-electron chi connectivity index (χ1n) is 8.74. The summed E-state index contributed by atoms with van der Waals surface area (Å²) in [7, 11) is 0.